The van der Waals surface area contributed by atoms with Crippen molar-refractivity contribution in [1.29, 1.82) is 0 Å². The Labute approximate surface area is 110 Å². The SMILES string of the molecule is CNC(=O)C(C)(C)CN[C@H](C)c1ccc(C)cc1. The third kappa shape index (κ3) is 3.84. The summed E-state index contributed by atoms with van der Waals surface area (Å²) in [7, 11) is 1.67. The molecule has 1 aromatic rings. The van der Waals surface area contributed by atoms with Crippen LogP contribution in [0.3, 0.4) is 0 Å². The second-order valence-corrected chi connectivity index (χ2v) is 5.48. The zero-order valence-electron chi connectivity index (χ0n) is 12.0. The molecule has 0 saturated heterocycles. The van der Waals surface area contributed by atoms with E-state index in [1.165, 1.54) is 11.1 Å². The molecule has 0 heterocycles. The molecule has 0 aliphatic carbocycles. The molecule has 0 aromatic heterocycles. The molecule has 0 saturated carbocycles. The summed E-state index contributed by atoms with van der Waals surface area (Å²) in [5.41, 5.74) is 2.11. The zero-order valence-corrected chi connectivity index (χ0v) is 12.0. The van der Waals surface area contributed by atoms with Crippen molar-refractivity contribution in [2.24, 2.45) is 5.41 Å². The van der Waals surface area contributed by atoms with Gasteiger partial charge in [0.25, 0.3) is 0 Å². The maximum Gasteiger partial charge on any atom is 0.226 e. The van der Waals surface area contributed by atoms with E-state index >= 15 is 0 Å². The van der Waals surface area contributed by atoms with E-state index < -0.39 is 5.41 Å². The van der Waals surface area contributed by atoms with Crippen LogP contribution in [0, 0.1) is 12.3 Å². The molecule has 3 heteroatoms. The van der Waals surface area contributed by atoms with Gasteiger partial charge in [-0.2, -0.15) is 0 Å². The monoisotopic (exact) mass is 248 g/mol. The molecular weight excluding hydrogens is 224 g/mol. The minimum Gasteiger partial charge on any atom is -0.359 e. The fourth-order valence-electron chi connectivity index (χ4n) is 1.80. The molecule has 0 radical (unpaired) electrons. The molecule has 0 aliphatic heterocycles. The Morgan fingerprint density at radius 3 is 2.33 bits per heavy atom. The highest BCUT2D eigenvalue weighted by Gasteiger charge is 2.26. The lowest BCUT2D eigenvalue weighted by Crippen LogP contribution is -2.42. The molecule has 0 aliphatic rings. The lowest BCUT2D eigenvalue weighted by atomic mass is 9.91. The van der Waals surface area contributed by atoms with Gasteiger partial charge in [-0.25, -0.2) is 0 Å². The Morgan fingerprint density at radius 1 is 1.28 bits per heavy atom. The fraction of sp³-hybridized carbons (Fsp3) is 0.533. The van der Waals surface area contributed by atoms with Crippen LogP contribution in [0.5, 0.6) is 0 Å². The van der Waals surface area contributed by atoms with Crippen molar-refractivity contribution in [2.75, 3.05) is 13.6 Å². The predicted molar refractivity (Wildman–Crippen MR) is 75.4 cm³/mol. The van der Waals surface area contributed by atoms with Crippen LogP contribution in [0.15, 0.2) is 24.3 Å². The van der Waals surface area contributed by atoms with Gasteiger partial charge < -0.3 is 10.6 Å². The van der Waals surface area contributed by atoms with Gasteiger partial charge in [0.05, 0.1) is 5.41 Å². The van der Waals surface area contributed by atoms with E-state index in [1.807, 2.05) is 13.8 Å². The fourth-order valence-corrected chi connectivity index (χ4v) is 1.80. The van der Waals surface area contributed by atoms with Crippen LogP contribution < -0.4 is 10.6 Å². The second kappa shape index (κ2) is 6.01. The average Bonchev–Trinajstić information content (AvgIpc) is 2.35. The van der Waals surface area contributed by atoms with Crippen molar-refractivity contribution in [2.45, 2.75) is 33.7 Å². The van der Waals surface area contributed by atoms with Crippen LogP contribution in [0.25, 0.3) is 0 Å². The highest BCUT2D eigenvalue weighted by Crippen LogP contribution is 2.18. The molecule has 0 spiro atoms. The Morgan fingerprint density at radius 2 is 1.83 bits per heavy atom. The molecule has 0 fully saturated rings. The number of amides is 1. The first-order valence-corrected chi connectivity index (χ1v) is 6.39. The number of rotatable bonds is 5. The smallest absolute Gasteiger partial charge is 0.226 e. The number of benzene rings is 1. The van der Waals surface area contributed by atoms with Crippen LogP contribution in [-0.4, -0.2) is 19.5 Å². The molecule has 0 bridgehead atoms. The number of carbonyl (C=O) groups is 1. The third-order valence-electron chi connectivity index (χ3n) is 3.27. The van der Waals surface area contributed by atoms with E-state index in [2.05, 4.69) is 48.7 Å². The maximum absolute atomic E-state index is 11.7. The zero-order chi connectivity index (χ0) is 13.8. The largest absolute Gasteiger partial charge is 0.359 e. The van der Waals surface area contributed by atoms with E-state index in [1.54, 1.807) is 7.05 Å². The summed E-state index contributed by atoms with van der Waals surface area (Å²) in [4.78, 5) is 11.7. The van der Waals surface area contributed by atoms with Gasteiger partial charge >= 0.3 is 0 Å². The van der Waals surface area contributed by atoms with E-state index in [0.717, 1.165) is 0 Å². The topological polar surface area (TPSA) is 41.1 Å². The Hall–Kier alpha value is -1.35. The van der Waals surface area contributed by atoms with E-state index in [-0.39, 0.29) is 11.9 Å². The van der Waals surface area contributed by atoms with E-state index in [9.17, 15) is 4.79 Å². The number of aryl methyl sites for hydroxylation is 1. The predicted octanol–water partition coefficient (Wildman–Crippen LogP) is 2.42. The molecule has 100 valence electrons. The quantitative estimate of drug-likeness (QED) is 0.840. The molecule has 2 N–H and O–H groups in total. The highest BCUT2D eigenvalue weighted by atomic mass is 16.2. The van der Waals surface area contributed by atoms with Crippen LogP contribution in [-0.2, 0) is 4.79 Å². The van der Waals surface area contributed by atoms with Gasteiger partial charge in [0.1, 0.15) is 0 Å². The Kier molecular flexibility index (Phi) is 4.91. The first-order chi connectivity index (χ1) is 8.36. The van der Waals surface area contributed by atoms with Gasteiger partial charge in [-0.3, -0.25) is 4.79 Å². The standard InChI is InChI=1S/C15H24N2O/c1-11-6-8-13(9-7-11)12(2)17-10-15(3,4)14(18)16-5/h6-9,12,17H,10H2,1-5H3,(H,16,18)/t12-/m1/s1. The van der Waals surface area contributed by atoms with Gasteiger partial charge in [0.2, 0.25) is 5.91 Å². The van der Waals surface area contributed by atoms with Crippen molar-refractivity contribution < 1.29 is 4.79 Å². The van der Waals surface area contributed by atoms with Gasteiger partial charge in [0, 0.05) is 19.6 Å². The molecular formula is C15H24N2O. The van der Waals surface area contributed by atoms with Crippen molar-refractivity contribution >= 4 is 5.91 Å². The summed E-state index contributed by atoms with van der Waals surface area (Å²) in [5, 5.41) is 6.11. The van der Waals surface area contributed by atoms with Crippen molar-refractivity contribution in [3.63, 3.8) is 0 Å². The van der Waals surface area contributed by atoms with Gasteiger partial charge in [0.15, 0.2) is 0 Å². The first kappa shape index (κ1) is 14.7. The first-order valence-electron chi connectivity index (χ1n) is 6.39. The normalized spacial score (nSPS) is 13.2. The summed E-state index contributed by atoms with van der Waals surface area (Å²) in [6.07, 6.45) is 0. The molecule has 1 rings (SSSR count). The van der Waals surface area contributed by atoms with Crippen molar-refractivity contribution in [1.82, 2.24) is 10.6 Å². The van der Waals surface area contributed by atoms with Crippen LogP contribution >= 0.6 is 0 Å². The van der Waals surface area contributed by atoms with Crippen molar-refractivity contribution in [3.05, 3.63) is 35.4 Å². The molecule has 18 heavy (non-hydrogen) atoms. The summed E-state index contributed by atoms with van der Waals surface area (Å²) < 4.78 is 0. The second-order valence-electron chi connectivity index (χ2n) is 5.48. The summed E-state index contributed by atoms with van der Waals surface area (Å²) in [6.45, 7) is 8.74. The van der Waals surface area contributed by atoms with Gasteiger partial charge in [-0.1, -0.05) is 29.8 Å². The average molecular weight is 248 g/mol. The number of hydrogen-bond acceptors (Lipinski definition) is 2. The Balaban J connectivity index is 2.58. The summed E-state index contributed by atoms with van der Waals surface area (Å²) in [5.74, 6) is 0.0612. The van der Waals surface area contributed by atoms with Crippen LogP contribution in [0.1, 0.15) is 37.9 Å². The van der Waals surface area contributed by atoms with Crippen LogP contribution in [0.4, 0.5) is 0 Å². The number of carbonyl (C=O) groups excluding carboxylic acids is 1. The number of hydrogen-bond donors (Lipinski definition) is 2. The molecule has 0 unspecified atom stereocenters. The lowest BCUT2D eigenvalue weighted by molar-refractivity contribution is -0.128. The van der Waals surface area contributed by atoms with E-state index in [0.29, 0.717) is 6.54 Å². The van der Waals surface area contributed by atoms with Gasteiger partial charge in [-0.05, 0) is 33.3 Å². The Bertz CT molecular complexity index is 395. The lowest BCUT2D eigenvalue weighted by Gasteiger charge is -2.25. The molecule has 1 aromatic carbocycles. The van der Waals surface area contributed by atoms with Gasteiger partial charge in [-0.15, -0.1) is 0 Å². The summed E-state index contributed by atoms with van der Waals surface area (Å²) >= 11 is 0. The number of nitrogens with one attached hydrogen (secondary N) is 2. The minimum atomic E-state index is -0.395. The van der Waals surface area contributed by atoms with Crippen molar-refractivity contribution in [3.8, 4) is 0 Å². The molecule has 3 nitrogen and oxygen atoms in total. The third-order valence-corrected chi connectivity index (χ3v) is 3.27. The molecule has 1 atom stereocenters. The minimum absolute atomic E-state index is 0.0612. The summed E-state index contributed by atoms with van der Waals surface area (Å²) in [6, 6.07) is 8.71. The van der Waals surface area contributed by atoms with E-state index in [4.69, 9.17) is 0 Å². The van der Waals surface area contributed by atoms with Crippen LogP contribution in [0.2, 0.25) is 0 Å². The highest BCUT2D eigenvalue weighted by molar-refractivity contribution is 5.81. The maximum atomic E-state index is 11.7. The molecule has 1 amide bonds.